The highest BCUT2D eigenvalue weighted by Gasteiger charge is 2.14. The van der Waals surface area contributed by atoms with Crippen molar-refractivity contribution in [1.82, 2.24) is 4.90 Å². The predicted molar refractivity (Wildman–Crippen MR) is 75.1 cm³/mol. The second-order valence-electron chi connectivity index (χ2n) is 5.39. The fourth-order valence-corrected chi connectivity index (χ4v) is 1.89. The summed E-state index contributed by atoms with van der Waals surface area (Å²) in [6.07, 6.45) is 0.895. The number of nitriles is 1. The van der Waals surface area contributed by atoms with Gasteiger partial charge >= 0.3 is 0 Å². The molecule has 1 aromatic carbocycles. The molecule has 0 heterocycles. The number of likely N-dealkylation sites (N-methyl/N-ethyl adjacent to an activating group) is 1. The van der Waals surface area contributed by atoms with Gasteiger partial charge in [-0.05, 0) is 51.6 Å². The van der Waals surface area contributed by atoms with E-state index in [9.17, 15) is 5.11 Å². The first kappa shape index (κ1) is 15.5. The second-order valence-corrected chi connectivity index (χ2v) is 5.39. The van der Waals surface area contributed by atoms with Crippen LogP contribution in [0.5, 0.6) is 5.75 Å². The van der Waals surface area contributed by atoms with Crippen molar-refractivity contribution in [3.63, 3.8) is 0 Å². The van der Waals surface area contributed by atoms with Gasteiger partial charge < -0.3 is 14.7 Å². The SMILES string of the molecule is CN(CCCOc1ccc(C#N)cc1)CC(C)(C)O. The summed E-state index contributed by atoms with van der Waals surface area (Å²) in [7, 11) is 1.99. The average Bonchev–Trinajstić information content (AvgIpc) is 2.33. The Labute approximate surface area is 115 Å². The van der Waals surface area contributed by atoms with Crippen molar-refractivity contribution in [2.75, 3.05) is 26.7 Å². The maximum absolute atomic E-state index is 9.67. The van der Waals surface area contributed by atoms with Crippen molar-refractivity contribution in [2.45, 2.75) is 25.9 Å². The Morgan fingerprint density at radius 1 is 1.32 bits per heavy atom. The molecule has 0 atom stereocenters. The molecule has 1 N–H and O–H groups in total. The standard InChI is InChI=1S/C15H22N2O2/c1-15(2,18)12-17(3)9-4-10-19-14-7-5-13(11-16)6-8-14/h5-8,18H,4,9-10,12H2,1-3H3. The summed E-state index contributed by atoms with van der Waals surface area (Å²) >= 11 is 0. The van der Waals surface area contributed by atoms with Crippen LogP contribution in [0.1, 0.15) is 25.8 Å². The van der Waals surface area contributed by atoms with Gasteiger partial charge in [0.2, 0.25) is 0 Å². The molecule has 19 heavy (non-hydrogen) atoms. The average molecular weight is 262 g/mol. The van der Waals surface area contributed by atoms with E-state index in [4.69, 9.17) is 10.00 Å². The molecule has 4 nitrogen and oxygen atoms in total. The summed E-state index contributed by atoms with van der Waals surface area (Å²) in [5.41, 5.74) is -0.0276. The summed E-state index contributed by atoms with van der Waals surface area (Å²) in [5, 5.41) is 18.4. The van der Waals surface area contributed by atoms with E-state index in [2.05, 4.69) is 11.0 Å². The number of nitrogens with zero attached hydrogens (tertiary/aromatic N) is 2. The van der Waals surface area contributed by atoms with Crippen LogP contribution in [0.15, 0.2) is 24.3 Å². The van der Waals surface area contributed by atoms with E-state index in [1.165, 1.54) is 0 Å². The van der Waals surface area contributed by atoms with Crippen LogP contribution in [0.4, 0.5) is 0 Å². The molecular weight excluding hydrogens is 240 g/mol. The Bertz CT molecular complexity index is 415. The van der Waals surface area contributed by atoms with Gasteiger partial charge in [-0.15, -0.1) is 0 Å². The van der Waals surface area contributed by atoms with E-state index in [1.807, 2.05) is 7.05 Å². The van der Waals surface area contributed by atoms with Gasteiger partial charge in [-0.3, -0.25) is 0 Å². The molecule has 0 saturated heterocycles. The third-order valence-corrected chi connectivity index (χ3v) is 2.59. The Balaban J connectivity index is 2.22. The molecule has 0 aliphatic heterocycles. The highest BCUT2D eigenvalue weighted by atomic mass is 16.5. The smallest absolute Gasteiger partial charge is 0.119 e. The van der Waals surface area contributed by atoms with E-state index < -0.39 is 5.60 Å². The maximum Gasteiger partial charge on any atom is 0.119 e. The molecule has 0 unspecified atom stereocenters. The highest BCUT2D eigenvalue weighted by Crippen LogP contribution is 2.11. The quantitative estimate of drug-likeness (QED) is 0.764. The summed E-state index contributed by atoms with van der Waals surface area (Å²) in [6, 6.07) is 9.17. The van der Waals surface area contributed by atoms with E-state index >= 15 is 0 Å². The van der Waals surface area contributed by atoms with Gasteiger partial charge in [0.05, 0.1) is 23.8 Å². The number of aliphatic hydroxyl groups is 1. The van der Waals surface area contributed by atoms with Crippen molar-refractivity contribution in [1.29, 1.82) is 5.26 Å². The van der Waals surface area contributed by atoms with Gasteiger partial charge in [0.1, 0.15) is 5.75 Å². The van der Waals surface area contributed by atoms with Gasteiger partial charge in [0, 0.05) is 13.1 Å². The third kappa shape index (κ3) is 6.80. The largest absolute Gasteiger partial charge is 0.494 e. The second kappa shape index (κ2) is 7.13. The minimum absolute atomic E-state index is 0.627. The summed E-state index contributed by atoms with van der Waals surface area (Å²) < 4.78 is 5.59. The molecule has 0 aliphatic carbocycles. The molecule has 1 aromatic rings. The lowest BCUT2D eigenvalue weighted by Gasteiger charge is -2.25. The molecule has 4 heteroatoms. The van der Waals surface area contributed by atoms with Gasteiger partial charge in [0.15, 0.2) is 0 Å². The number of rotatable bonds is 7. The van der Waals surface area contributed by atoms with Crippen LogP contribution in [0.3, 0.4) is 0 Å². The maximum atomic E-state index is 9.67. The van der Waals surface area contributed by atoms with E-state index in [1.54, 1.807) is 38.1 Å². The zero-order valence-corrected chi connectivity index (χ0v) is 11.9. The topological polar surface area (TPSA) is 56.5 Å². The molecule has 0 bridgehead atoms. The summed E-state index contributed by atoms with van der Waals surface area (Å²) in [5.74, 6) is 0.782. The lowest BCUT2D eigenvalue weighted by molar-refractivity contribution is 0.0433. The summed E-state index contributed by atoms with van der Waals surface area (Å²) in [6.45, 7) is 5.75. The zero-order chi connectivity index (χ0) is 14.3. The molecule has 0 spiro atoms. The fourth-order valence-electron chi connectivity index (χ4n) is 1.89. The van der Waals surface area contributed by atoms with Gasteiger partial charge in [-0.25, -0.2) is 0 Å². The molecule has 0 amide bonds. The highest BCUT2D eigenvalue weighted by molar-refractivity contribution is 5.34. The van der Waals surface area contributed by atoms with Gasteiger partial charge in [0.25, 0.3) is 0 Å². The van der Waals surface area contributed by atoms with Crippen molar-refractivity contribution in [2.24, 2.45) is 0 Å². The molecule has 0 radical (unpaired) electrons. The van der Waals surface area contributed by atoms with Crippen LogP contribution in [-0.2, 0) is 0 Å². The lowest BCUT2D eigenvalue weighted by Crippen LogP contribution is -2.37. The third-order valence-electron chi connectivity index (χ3n) is 2.59. The van der Waals surface area contributed by atoms with Crippen molar-refractivity contribution in [3.05, 3.63) is 29.8 Å². The monoisotopic (exact) mass is 262 g/mol. The van der Waals surface area contributed by atoms with E-state index in [0.29, 0.717) is 18.7 Å². The lowest BCUT2D eigenvalue weighted by atomic mass is 10.1. The van der Waals surface area contributed by atoms with Gasteiger partial charge in [-0.1, -0.05) is 0 Å². The number of benzene rings is 1. The Morgan fingerprint density at radius 2 is 1.95 bits per heavy atom. The molecule has 0 aromatic heterocycles. The minimum Gasteiger partial charge on any atom is -0.494 e. The summed E-state index contributed by atoms with van der Waals surface area (Å²) in [4.78, 5) is 2.09. The Morgan fingerprint density at radius 3 is 2.47 bits per heavy atom. The van der Waals surface area contributed by atoms with Crippen molar-refractivity contribution >= 4 is 0 Å². The normalized spacial score (nSPS) is 11.4. The Hall–Kier alpha value is -1.57. The Kier molecular flexibility index (Phi) is 5.81. The molecule has 1 rings (SSSR count). The molecule has 104 valence electrons. The minimum atomic E-state index is -0.664. The van der Waals surface area contributed by atoms with Crippen LogP contribution >= 0.6 is 0 Å². The van der Waals surface area contributed by atoms with Gasteiger partial charge in [-0.2, -0.15) is 5.26 Å². The fraction of sp³-hybridized carbons (Fsp3) is 0.533. The first-order valence-corrected chi connectivity index (χ1v) is 6.44. The van der Waals surface area contributed by atoms with Crippen LogP contribution < -0.4 is 4.74 Å². The first-order valence-electron chi connectivity index (χ1n) is 6.44. The van der Waals surface area contributed by atoms with E-state index in [-0.39, 0.29) is 0 Å². The number of hydrogen-bond acceptors (Lipinski definition) is 4. The zero-order valence-electron chi connectivity index (χ0n) is 11.9. The van der Waals surface area contributed by atoms with Crippen LogP contribution in [0, 0.1) is 11.3 Å². The van der Waals surface area contributed by atoms with Crippen LogP contribution in [0.25, 0.3) is 0 Å². The molecule has 0 saturated carbocycles. The van der Waals surface area contributed by atoms with Crippen LogP contribution in [0.2, 0.25) is 0 Å². The van der Waals surface area contributed by atoms with Crippen molar-refractivity contribution < 1.29 is 9.84 Å². The molecular formula is C15H22N2O2. The van der Waals surface area contributed by atoms with Crippen LogP contribution in [-0.4, -0.2) is 42.4 Å². The molecule has 0 aliphatic rings. The number of hydrogen-bond donors (Lipinski definition) is 1. The molecule has 0 fully saturated rings. The van der Waals surface area contributed by atoms with E-state index in [0.717, 1.165) is 18.7 Å². The number of ether oxygens (including phenoxy) is 1. The predicted octanol–water partition coefficient (Wildman–Crippen LogP) is 2.03. The first-order chi connectivity index (χ1) is 8.90. The van der Waals surface area contributed by atoms with Crippen molar-refractivity contribution in [3.8, 4) is 11.8 Å².